The first-order chi connectivity index (χ1) is 14.8. The van der Waals surface area contributed by atoms with Crippen molar-refractivity contribution in [2.75, 3.05) is 19.6 Å². The molecular weight excluding hydrogens is 366 g/mol. The Labute approximate surface area is 179 Å². The summed E-state index contributed by atoms with van der Waals surface area (Å²) in [6.07, 6.45) is 2.39. The van der Waals surface area contributed by atoms with E-state index in [0.29, 0.717) is 23.9 Å². The summed E-state index contributed by atoms with van der Waals surface area (Å²) in [6, 6.07) is 29.5. The summed E-state index contributed by atoms with van der Waals surface area (Å²) >= 11 is 0. The van der Waals surface area contributed by atoms with Crippen molar-refractivity contribution in [2.24, 2.45) is 11.7 Å². The lowest BCUT2D eigenvalue weighted by Crippen LogP contribution is -2.36. The molecule has 30 heavy (non-hydrogen) atoms. The molecule has 0 spiro atoms. The summed E-state index contributed by atoms with van der Waals surface area (Å²) in [5.74, 6) is 1.04. The number of hydrogen-bond acceptors (Lipinski definition) is 3. The lowest BCUT2D eigenvalue weighted by atomic mass is 9.79. The van der Waals surface area contributed by atoms with Gasteiger partial charge < -0.3 is 5.73 Å². The van der Waals surface area contributed by atoms with Crippen molar-refractivity contribution < 1.29 is 0 Å². The third kappa shape index (κ3) is 4.79. The summed E-state index contributed by atoms with van der Waals surface area (Å²) in [4.78, 5) is 2.56. The van der Waals surface area contributed by atoms with Crippen LogP contribution in [0.2, 0.25) is 0 Å². The molecule has 0 aromatic heterocycles. The summed E-state index contributed by atoms with van der Waals surface area (Å²) in [7, 11) is 0. The quantitative estimate of drug-likeness (QED) is 0.626. The standard InChI is InChI=1S/C27H29N3/c28-18-22-7-4-8-26(17-22)23-9-11-24(12-10-23)27(19-29)25-13-15-30(16-14-25)20-21-5-2-1-3-6-21/h1-12,17,25,27H,13-16,19-20,29H2. The average Bonchev–Trinajstić information content (AvgIpc) is 2.82. The molecule has 1 atom stereocenters. The predicted octanol–water partition coefficient (Wildman–Crippen LogP) is 5.18. The van der Waals surface area contributed by atoms with E-state index >= 15 is 0 Å². The van der Waals surface area contributed by atoms with Crippen LogP contribution in [0.1, 0.15) is 35.4 Å². The third-order valence-electron chi connectivity index (χ3n) is 6.37. The first kappa shape index (κ1) is 20.3. The van der Waals surface area contributed by atoms with E-state index in [1.54, 1.807) is 0 Å². The number of nitrogens with zero attached hydrogens (tertiary/aromatic N) is 2. The molecule has 1 saturated heterocycles. The summed E-state index contributed by atoms with van der Waals surface area (Å²) in [5.41, 5.74) is 11.9. The Kier molecular flexibility index (Phi) is 6.59. The second-order valence-corrected chi connectivity index (χ2v) is 8.26. The zero-order valence-electron chi connectivity index (χ0n) is 17.4. The van der Waals surface area contributed by atoms with Crippen LogP contribution in [0.4, 0.5) is 0 Å². The highest BCUT2D eigenvalue weighted by atomic mass is 15.1. The maximum Gasteiger partial charge on any atom is 0.0991 e. The molecule has 3 nitrogen and oxygen atoms in total. The predicted molar refractivity (Wildman–Crippen MR) is 123 cm³/mol. The van der Waals surface area contributed by atoms with Crippen LogP contribution >= 0.6 is 0 Å². The van der Waals surface area contributed by atoms with Gasteiger partial charge in [0.25, 0.3) is 0 Å². The van der Waals surface area contributed by atoms with Crippen molar-refractivity contribution in [2.45, 2.75) is 25.3 Å². The Hall–Kier alpha value is -2.93. The van der Waals surface area contributed by atoms with Crippen LogP contribution in [0.5, 0.6) is 0 Å². The van der Waals surface area contributed by atoms with Gasteiger partial charge >= 0.3 is 0 Å². The van der Waals surface area contributed by atoms with E-state index in [2.05, 4.69) is 71.6 Å². The van der Waals surface area contributed by atoms with Gasteiger partial charge in [-0.3, -0.25) is 4.90 Å². The summed E-state index contributed by atoms with van der Waals surface area (Å²) in [5, 5.41) is 9.14. The number of nitrogens with two attached hydrogens (primary N) is 1. The molecule has 0 amide bonds. The molecular formula is C27H29N3. The molecule has 2 N–H and O–H groups in total. The van der Waals surface area contributed by atoms with E-state index in [9.17, 15) is 0 Å². The normalized spacial score (nSPS) is 16.1. The summed E-state index contributed by atoms with van der Waals surface area (Å²) in [6.45, 7) is 3.99. The van der Waals surface area contributed by atoms with Crippen molar-refractivity contribution >= 4 is 0 Å². The molecule has 1 aliphatic heterocycles. The number of likely N-dealkylation sites (tertiary alicyclic amines) is 1. The average molecular weight is 396 g/mol. The van der Waals surface area contributed by atoms with Crippen molar-refractivity contribution in [3.8, 4) is 17.2 Å². The van der Waals surface area contributed by atoms with Crippen molar-refractivity contribution in [3.05, 3.63) is 95.6 Å². The fraction of sp³-hybridized carbons (Fsp3) is 0.296. The van der Waals surface area contributed by atoms with E-state index in [1.165, 1.54) is 24.0 Å². The topological polar surface area (TPSA) is 53.1 Å². The highest BCUT2D eigenvalue weighted by molar-refractivity contribution is 5.65. The minimum absolute atomic E-state index is 0.406. The molecule has 0 bridgehead atoms. The lowest BCUT2D eigenvalue weighted by Gasteiger charge is -2.36. The number of rotatable bonds is 6. The second kappa shape index (κ2) is 9.71. The monoisotopic (exact) mass is 395 g/mol. The Balaban J connectivity index is 1.40. The lowest BCUT2D eigenvalue weighted by molar-refractivity contribution is 0.163. The van der Waals surface area contributed by atoms with Crippen molar-refractivity contribution in [1.82, 2.24) is 4.90 Å². The fourth-order valence-corrected chi connectivity index (χ4v) is 4.65. The van der Waals surface area contributed by atoms with Gasteiger partial charge in [-0.1, -0.05) is 66.7 Å². The molecule has 3 aromatic carbocycles. The molecule has 0 aliphatic carbocycles. The third-order valence-corrected chi connectivity index (χ3v) is 6.37. The highest BCUT2D eigenvalue weighted by Crippen LogP contribution is 2.33. The van der Waals surface area contributed by atoms with Gasteiger partial charge in [-0.05, 0) is 78.7 Å². The van der Waals surface area contributed by atoms with E-state index in [0.717, 1.165) is 30.8 Å². The van der Waals surface area contributed by atoms with Crippen LogP contribution in [-0.2, 0) is 6.54 Å². The summed E-state index contributed by atoms with van der Waals surface area (Å²) < 4.78 is 0. The minimum atomic E-state index is 0.406. The van der Waals surface area contributed by atoms with E-state index < -0.39 is 0 Å². The van der Waals surface area contributed by atoms with E-state index in [-0.39, 0.29) is 0 Å². The zero-order valence-corrected chi connectivity index (χ0v) is 17.4. The second-order valence-electron chi connectivity index (χ2n) is 8.26. The molecule has 4 rings (SSSR count). The van der Waals surface area contributed by atoms with Gasteiger partial charge in [-0.15, -0.1) is 0 Å². The number of nitriles is 1. The fourth-order valence-electron chi connectivity index (χ4n) is 4.65. The van der Waals surface area contributed by atoms with Gasteiger partial charge in [0.05, 0.1) is 11.6 Å². The van der Waals surface area contributed by atoms with Crippen molar-refractivity contribution in [1.29, 1.82) is 5.26 Å². The van der Waals surface area contributed by atoms with Gasteiger partial charge in [-0.25, -0.2) is 0 Å². The van der Waals surface area contributed by atoms with Crippen LogP contribution in [-0.4, -0.2) is 24.5 Å². The molecule has 0 saturated carbocycles. The molecule has 1 heterocycles. The van der Waals surface area contributed by atoms with Gasteiger partial charge in [0.2, 0.25) is 0 Å². The molecule has 1 fully saturated rings. The van der Waals surface area contributed by atoms with Crippen LogP contribution in [0.15, 0.2) is 78.9 Å². The first-order valence-corrected chi connectivity index (χ1v) is 10.8. The minimum Gasteiger partial charge on any atom is -0.330 e. The number of piperidine rings is 1. The molecule has 1 unspecified atom stereocenters. The van der Waals surface area contributed by atoms with E-state index in [4.69, 9.17) is 11.0 Å². The van der Waals surface area contributed by atoms with Crippen LogP contribution in [0.3, 0.4) is 0 Å². The van der Waals surface area contributed by atoms with Gasteiger partial charge in [0, 0.05) is 6.54 Å². The van der Waals surface area contributed by atoms with Crippen LogP contribution in [0, 0.1) is 17.2 Å². The largest absolute Gasteiger partial charge is 0.330 e. The molecule has 152 valence electrons. The Morgan fingerprint density at radius 2 is 1.63 bits per heavy atom. The molecule has 1 aliphatic rings. The van der Waals surface area contributed by atoms with E-state index in [1.807, 2.05) is 18.2 Å². The molecule has 3 aromatic rings. The van der Waals surface area contributed by atoms with Gasteiger partial charge in [0.1, 0.15) is 0 Å². The Morgan fingerprint density at radius 1 is 0.900 bits per heavy atom. The van der Waals surface area contributed by atoms with Crippen molar-refractivity contribution in [3.63, 3.8) is 0 Å². The SMILES string of the molecule is N#Cc1cccc(-c2ccc(C(CN)C3CCN(Cc4ccccc4)CC3)cc2)c1. The van der Waals surface area contributed by atoms with Gasteiger partial charge in [0.15, 0.2) is 0 Å². The van der Waals surface area contributed by atoms with Crippen LogP contribution in [0.25, 0.3) is 11.1 Å². The Bertz CT molecular complexity index is 981. The smallest absolute Gasteiger partial charge is 0.0991 e. The maximum absolute atomic E-state index is 9.14. The first-order valence-electron chi connectivity index (χ1n) is 10.8. The van der Waals surface area contributed by atoms with Gasteiger partial charge in [-0.2, -0.15) is 5.26 Å². The van der Waals surface area contributed by atoms with Crippen LogP contribution < -0.4 is 5.73 Å². The Morgan fingerprint density at radius 3 is 2.30 bits per heavy atom. The molecule has 3 heteroatoms. The zero-order chi connectivity index (χ0) is 20.8. The maximum atomic E-state index is 9.14. The number of benzene rings is 3. The highest BCUT2D eigenvalue weighted by Gasteiger charge is 2.26. The molecule has 0 radical (unpaired) electrons. The number of hydrogen-bond donors (Lipinski definition) is 1.